The summed E-state index contributed by atoms with van der Waals surface area (Å²) in [5.41, 5.74) is 2.61. The molecule has 2 aliphatic rings. The fourth-order valence-corrected chi connectivity index (χ4v) is 5.05. The first-order valence-electron chi connectivity index (χ1n) is 12.2. The van der Waals surface area contributed by atoms with Crippen LogP contribution in [0.2, 0.25) is 0 Å². The second-order valence-corrected chi connectivity index (χ2v) is 9.23. The van der Waals surface area contributed by atoms with Crippen LogP contribution in [0, 0.1) is 0 Å². The minimum atomic E-state index is 0.303. The first-order chi connectivity index (χ1) is 14.7. The van der Waals surface area contributed by atoms with Gasteiger partial charge in [0.15, 0.2) is 5.11 Å². The number of hydrogen-bond donors (Lipinski definition) is 1. The van der Waals surface area contributed by atoms with E-state index in [0.29, 0.717) is 12.1 Å². The van der Waals surface area contributed by atoms with Crippen molar-refractivity contribution in [3.05, 3.63) is 29.8 Å². The number of hydrogen-bond acceptors (Lipinski definition) is 3. The highest BCUT2D eigenvalue weighted by Crippen LogP contribution is 2.20. The molecule has 4 nitrogen and oxygen atoms in total. The van der Waals surface area contributed by atoms with Crippen LogP contribution in [-0.2, 0) is 11.3 Å². The van der Waals surface area contributed by atoms with Crippen LogP contribution in [-0.4, -0.2) is 48.4 Å². The molecule has 2 fully saturated rings. The van der Waals surface area contributed by atoms with E-state index in [1.165, 1.54) is 62.6 Å². The van der Waals surface area contributed by atoms with E-state index >= 15 is 0 Å². The summed E-state index contributed by atoms with van der Waals surface area (Å²) in [5, 5.41) is 4.63. The zero-order chi connectivity index (χ0) is 21.2. The maximum absolute atomic E-state index is 5.94. The van der Waals surface area contributed by atoms with Gasteiger partial charge in [0.05, 0.1) is 6.10 Å². The summed E-state index contributed by atoms with van der Waals surface area (Å²) >= 11 is 5.92. The lowest BCUT2D eigenvalue weighted by Crippen LogP contribution is -2.47. The van der Waals surface area contributed by atoms with E-state index in [0.717, 1.165) is 44.3 Å². The van der Waals surface area contributed by atoms with Crippen molar-refractivity contribution >= 4 is 23.0 Å². The lowest BCUT2D eigenvalue weighted by Gasteiger charge is -2.32. The Bertz CT molecular complexity index is 618. The van der Waals surface area contributed by atoms with Crippen molar-refractivity contribution in [2.24, 2.45) is 0 Å². The summed E-state index contributed by atoms with van der Waals surface area (Å²) in [6.07, 6.45) is 11.9. The van der Waals surface area contributed by atoms with Crippen molar-refractivity contribution in [3.63, 3.8) is 0 Å². The summed E-state index contributed by atoms with van der Waals surface area (Å²) in [6, 6.07) is 9.54. The normalized spacial score (nSPS) is 20.4. The minimum Gasteiger partial charge on any atom is -0.376 e. The third kappa shape index (κ3) is 7.12. The van der Waals surface area contributed by atoms with Gasteiger partial charge in [0.2, 0.25) is 0 Å². The number of benzene rings is 1. The summed E-state index contributed by atoms with van der Waals surface area (Å²) in [5.74, 6) is 0. The van der Waals surface area contributed by atoms with Crippen LogP contribution in [0.4, 0.5) is 5.69 Å². The summed E-state index contributed by atoms with van der Waals surface area (Å²) in [7, 11) is 0. The SMILES string of the molecule is CCN(CC)c1ccc(CN(CC2CCCO2)C(=S)NC2CCCCCCC2)cc1. The molecule has 0 bridgehead atoms. The monoisotopic (exact) mass is 431 g/mol. The smallest absolute Gasteiger partial charge is 0.169 e. The standard InChI is InChI=1S/C25H41N3OS/c1-3-27(4-2)23-16-14-21(15-17-23)19-28(20-24-13-10-18-29-24)25(30)26-22-11-8-6-5-7-9-12-22/h14-17,22,24H,3-13,18-20H2,1-2H3,(H,26,30). The van der Waals surface area contributed by atoms with E-state index in [9.17, 15) is 0 Å². The molecule has 1 atom stereocenters. The Morgan fingerprint density at radius 3 is 2.23 bits per heavy atom. The van der Waals surface area contributed by atoms with Crippen molar-refractivity contribution in [3.8, 4) is 0 Å². The fraction of sp³-hybridized carbons (Fsp3) is 0.720. The Balaban J connectivity index is 1.64. The highest BCUT2D eigenvalue weighted by Gasteiger charge is 2.23. The maximum Gasteiger partial charge on any atom is 0.169 e. The van der Waals surface area contributed by atoms with Gasteiger partial charge in [-0.25, -0.2) is 0 Å². The molecular formula is C25H41N3OS. The molecule has 168 valence electrons. The lowest BCUT2D eigenvalue weighted by molar-refractivity contribution is 0.0895. The Hall–Kier alpha value is -1.33. The van der Waals surface area contributed by atoms with Gasteiger partial charge < -0.3 is 19.9 Å². The van der Waals surface area contributed by atoms with Crippen LogP contribution in [0.25, 0.3) is 0 Å². The molecule has 1 aromatic rings. The molecule has 1 aromatic carbocycles. The molecule has 5 heteroatoms. The largest absolute Gasteiger partial charge is 0.376 e. The van der Waals surface area contributed by atoms with Crippen LogP contribution in [0.1, 0.15) is 77.2 Å². The van der Waals surface area contributed by atoms with Crippen LogP contribution < -0.4 is 10.2 Å². The van der Waals surface area contributed by atoms with Gasteiger partial charge in [0.25, 0.3) is 0 Å². The van der Waals surface area contributed by atoms with Crippen molar-refractivity contribution in [1.82, 2.24) is 10.2 Å². The fourth-order valence-electron chi connectivity index (χ4n) is 4.74. The third-order valence-corrected chi connectivity index (χ3v) is 6.98. The van der Waals surface area contributed by atoms with Crippen molar-refractivity contribution in [1.29, 1.82) is 0 Å². The predicted octanol–water partition coefficient (Wildman–Crippen LogP) is 5.50. The molecule has 1 aliphatic heterocycles. The number of rotatable bonds is 8. The van der Waals surface area contributed by atoms with Crippen LogP contribution >= 0.6 is 12.2 Å². The Morgan fingerprint density at radius 1 is 0.967 bits per heavy atom. The average molecular weight is 432 g/mol. The van der Waals surface area contributed by atoms with Crippen molar-refractivity contribution < 1.29 is 4.74 Å². The molecule has 30 heavy (non-hydrogen) atoms. The Labute approximate surface area is 189 Å². The number of nitrogens with one attached hydrogen (secondary N) is 1. The molecule has 1 saturated carbocycles. The van der Waals surface area contributed by atoms with Gasteiger partial charge in [-0.05, 0) is 69.4 Å². The quantitative estimate of drug-likeness (QED) is 0.549. The first kappa shape index (κ1) is 23.3. The zero-order valence-electron chi connectivity index (χ0n) is 19.1. The van der Waals surface area contributed by atoms with Crippen LogP contribution in [0.5, 0.6) is 0 Å². The molecule has 1 aliphatic carbocycles. The van der Waals surface area contributed by atoms with E-state index < -0.39 is 0 Å². The first-order valence-corrected chi connectivity index (χ1v) is 12.6. The molecule has 1 heterocycles. The predicted molar refractivity (Wildman–Crippen MR) is 131 cm³/mol. The van der Waals surface area contributed by atoms with Crippen LogP contribution in [0.15, 0.2) is 24.3 Å². The molecule has 0 radical (unpaired) electrons. The van der Waals surface area contributed by atoms with Crippen LogP contribution in [0.3, 0.4) is 0 Å². The molecular weight excluding hydrogens is 390 g/mol. The molecule has 0 amide bonds. The Morgan fingerprint density at radius 2 is 1.63 bits per heavy atom. The lowest BCUT2D eigenvalue weighted by atomic mass is 9.97. The average Bonchev–Trinajstić information content (AvgIpc) is 3.24. The topological polar surface area (TPSA) is 27.7 Å². The minimum absolute atomic E-state index is 0.303. The molecule has 0 aromatic heterocycles. The number of thiocarbonyl (C=S) groups is 1. The summed E-state index contributed by atoms with van der Waals surface area (Å²) in [4.78, 5) is 4.73. The van der Waals surface area contributed by atoms with Gasteiger partial charge in [-0.2, -0.15) is 0 Å². The second-order valence-electron chi connectivity index (χ2n) is 8.85. The van der Waals surface area contributed by atoms with E-state index in [4.69, 9.17) is 17.0 Å². The third-order valence-electron chi connectivity index (χ3n) is 6.61. The number of anilines is 1. The number of ether oxygens (including phenoxy) is 1. The molecule has 1 N–H and O–H groups in total. The van der Waals surface area contributed by atoms with Gasteiger partial charge in [0, 0.05) is 44.5 Å². The van der Waals surface area contributed by atoms with Gasteiger partial charge in [0.1, 0.15) is 0 Å². The van der Waals surface area contributed by atoms with Gasteiger partial charge in [-0.1, -0.05) is 44.2 Å². The van der Waals surface area contributed by atoms with E-state index in [1.54, 1.807) is 0 Å². The van der Waals surface area contributed by atoms with Crippen molar-refractivity contribution in [2.75, 3.05) is 31.1 Å². The summed E-state index contributed by atoms with van der Waals surface area (Å²) < 4.78 is 5.94. The molecule has 1 saturated heterocycles. The van der Waals surface area contributed by atoms with E-state index in [2.05, 4.69) is 53.2 Å². The zero-order valence-corrected chi connectivity index (χ0v) is 19.9. The highest BCUT2D eigenvalue weighted by molar-refractivity contribution is 7.80. The summed E-state index contributed by atoms with van der Waals surface area (Å²) in [6.45, 7) is 9.11. The van der Waals surface area contributed by atoms with Gasteiger partial charge in [-0.15, -0.1) is 0 Å². The number of nitrogens with zero attached hydrogens (tertiary/aromatic N) is 2. The maximum atomic E-state index is 5.94. The molecule has 3 rings (SSSR count). The molecule has 0 spiro atoms. The van der Waals surface area contributed by atoms with Crippen molar-refractivity contribution in [2.45, 2.75) is 90.3 Å². The second kappa shape index (κ2) is 12.5. The Kier molecular flexibility index (Phi) is 9.73. The van der Waals surface area contributed by atoms with Gasteiger partial charge in [-0.3, -0.25) is 0 Å². The van der Waals surface area contributed by atoms with Gasteiger partial charge >= 0.3 is 0 Å². The van der Waals surface area contributed by atoms with E-state index in [-0.39, 0.29) is 0 Å². The highest BCUT2D eigenvalue weighted by atomic mass is 32.1. The molecule has 1 unspecified atom stereocenters. The van der Waals surface area contributed by atoms with E-state index in [1.807, 2.05) is 0 Å².